The van der Waals surface area contributed by atoms with Gasteiger partial charge in [0.1, 0.15) is 11.6 Å². The van der Waals surface area contributed by atoms with Crippen LogP contribution in [0.2, 0.25) is 0 Å². The number of alkyl halides is 3. The van der Waals surface area contributed by atoms with Gasteiger partial charge < -0.3 is 10.1 Å². The smallest absolute Gasteiger partial charge is 0.419 e. The Morgan fingerprint density at radius 1 is 1.21 bits per heavy atom. The molecule has 2 bridgehead atoms. The van der Waals surface area contributed by atoms with Crippen LogP contribution in [-0.2, 0) is 12.6 Å². The van der Waals surface area contributed by atoms with Gasteiger partial charge in [-0.2, -0.15) is 23.3 Å². The second-order valence-electron chi connectivity index (χ2n) is 8.21. The van der Waals surface area contributed by atoms with Gasteiger partial charge in [-0.25, -0.2) is 9.07 Å². The number of nitrogens with zero attached hydrogens (tertiary/aromatic N) is 3. The lowest BCUT2D eigenvalue weighted by atomic mass is 9.83. The number of hydrogen-bond donors (Lipinski definition) is 1. The number of fused-ring (bicyclic) bond motifs is 2. The highest BCUT2D eigenvalue weighted by molar-refractivity contribution is 5.33. The van der Waals surface area contributed by atoms with Crippen LogP contribution in [0.3, 0.4) is 0 Å². The first-order valence-electron chi connectivity index (χ1n) is 9.93. The fraction of sp³-hybridized carbons (Fsp3) is 0.600. The Balaban J connectivity index is 1.58. The van der Waals surface area contributed by atoms with E-state index in [0.717, 1.165) is 31.6 Å². The molecule has 1 aromatic heterocycles. The second kappa shape index (κ2) is 7.59. The maximum atomic E-state index is 13.5. The minimum atomic E-state index is -4.80. The topological polar surface area (TPSA) is 52.0 Å². The molecule has 1 aliphatic carbocycles. The molecule has 0 amide bonds. The molecule has 1 aromatic carbocycles. The van der Waals surface area contributed by atoms with Crippen LogP contribution in [0, 0.1) is 23.6 Å². The van der Waals surface area contributed by atoms with Crippen molar-refractivity contribution in [3.05, 3.63) is 35.4 Å². The quantitative estimate of drug-likeness (QED) is 0.730. The second-order valence-corrected chi connectivity index (χ2v) is 8.21. The highest BCUT2D eigenvalue weighted by Crippen LogP contribution is 2.41. The Morgan fingerprint density at radius 2 is 1.90 bits per heavy atom. The normalized spacial score (nSPS) is 24.3. The molecule has 5 nitrogen and oxygen atoms in total. The Labute approximate surface area is 166 Å². The van der Waals surface area contributed by atoms with Crippen molar-refractivity contribution in [2.45, 2.75) is 45.3 Å². The van der Waals surface area contributed by atoms with Gasteiger partial charge in [0.25, 0.3) is 0 Å². The number of piperidine rings is 1. The van der Waals surface area contributed by atoms with Crippen molar-refractivity contribution < 1.29 is 22.3 Å². The molecule has 1 saturated heterocycles. The third kappa shape index (κ3) is 4.10. The van der Waals surface area contributed by atoms with E-state index in [9.17, 15) is 17.6 Å². The van der Waals surface area contributed by atoms with Crippen LogP contribution in [0.15, 0.2) is 18.2 Å². The van der Waals surface area contributed by atoms with Gasteiger partial charge in [0.15, 0.2) is 5.82 Å². The van der Waals surface area contributed by atoms with Crippen LogP contribution in [0.25, 0.3) is 0 Å². The highest BCUT2D eigenvalue weighted by Gasteiger charge is 2.39. The summed E-state index contributed by atoms with van der Waals surface area (Å²) in [6.45, 7) is 5.80. The van der Waals surface area contributed by atoms with Crippen molar-refractivity contribution in [3.8, 4) is 11.8 Å². The molecule has 2 fully saturated rings. The number of benzene rings is 1. The third-order valence-corrected chi connectivity index (χ3v) is 5.94. The SMILES string of the molecule is CC(C)n1nc(CC2[C@@H]3CC[C@H]2CNC3)nc1Oc1ccc(F)c(C(F)(F)F)c1. The first kappa shape index (κ1) is 20.1. The summed E-state index contributed by atoms with van der Waals surface area (Å²) in [5, 5.41) is 8.01. The van der Waals surface area contributed by atoms with Crippen molar-refractivity contribution in [3.63, 3.8) is 0 Å². The Hall–Kier alpha value is -2.16. The molecule has 4 rings (SSSR count). The lowest BCUT2D eigenvalue weighted by Crippen LogP contribution is -2.39. The van der Waals surface area contributed by atoms with Gasteiger partial charge in [-0.1, -0.05) is 0 Å². The van der Waals surface area contributed by atoms with Gasteiger partial charge in [0.2, 0.25) is 0 Å². The molecule has 2 aliphatic rings. The minimum Gasteiger partial charge on any atom is -0.424 e. The molecule has 1 N–H and O–H groups in total. The zero-order valence-corrected chi connectivity index (χ0v) is 16.3. The van der Waals surface area contributed by atoms with Gasteiger partial charge in [-0.05, 0) is 75.7 Å². The molecule has 3 atom stereocenters. The van der Waals surface area contributed by atoms with E-state index in [1.54, 1.807) is 4.68 Å². The Morgan fingerprint density at radius 3 is 2.52 bits per heavy atom. The van der Waals surface area contributed by atoms with Crippen molar-refractivity contribution in [1.29, 1.82) is 0 Å². The molecule has 0 spiro atoms. The van der Waals surface area contributed by atoms with Crippen molar-refractivity contribution >= 4 is 0 Å². The molecule has 2 aromatic rings. The molecule has 29 heavy (non-hydrogen) atoms. The average Bonchev–Trinajstić information content (AvgIpc) is 3.12. The van der Waals surface area contributed by atoms with E-state index >= 15 is 0 Å². The lowest BCUT2D eigenvalue weighted by Gasteiger charge is -2.29. The monoisotopic (exact) mass is 412 g/mol. The third-order valence-electron chi connectivity index (χ3n) is 5.94. The van der Waals surface area contributed by atoms with E-state index in [1.165, 1.54) is 12.8 Å². The molecule has 1 aliphatic heterocycles. The molecule has 0 radical (unpaired) electrons. The van der Waals surface area contributed by atoms with Gasteiger partial charge in [0.05, 0.1) is 11.6 Å². The van der Waals surface area contributed by atoms with Crippen LogP contribution in [0.4, 0.5) is 17.6 Å². The number of ether oxygens (including phenoxy) is 1. The largest absolute Gasteiger partial charge is 0.424 e. The summed E-state index contributed by atoms with van der Waals surface area (Å²) in [5.41, 5.74) is -1.36. The fourth-order valence-corrected chi connectivity index (χ4v) is 4.48. The average molecular weight is 412 g/mol. The van der Waals surface area contributed by atoms with Crippen molar-refractivity contribution in [2.75, 3.05) is 13.1 Å². The molecular weight excluding hydrogens is 388 g/mol. The van der Waals surface area contributed by atoms with Crippen molar-refractivity contribution in [1.82, 2.24) is 20.1 Å². The van der Waals surface area contributed by atoms with Crippen LogP contribution < -0.4 is 10.1 Å². The maximum absolute atomic E-state index is 13.5. The summed E-state index contributed by atoms with van der Waals surface area (Å²) in [6, 6.07) is 2.61. The highest BCUT2D eigenvalue weighted by atomic mass is 19.4. The van der Waals surface area contributed by atoms with E-state index in [-0.39, 0.29) is 17.8 Å². The first-order valence-corrected chi connectivity index (χ1v) is 9.93. The van der Waals surface area contributed by atoms with Gasteiger partial charge in [0, 0.05) is 6.42 Å². The summed E-state index contributed by atoms with van der Waals surface area (Å²) in [7, 11) is 0. The zero-order chi connectivity index (χ0) is 20.8. The number of rotatable bonds is 5. The van der Waals surface area contributed by atoms with E-state index in [4.69, 9.17) is 4.74 Å². The molecule has 9 heteroatoms. The first-order chi connectivity index (χ1) is 13.7. The number of hydrogen-bond acceptors (Lipinski definition) is 4. The van der Waals surface area contributed by atoms with E-state index in [0.29, 0.717) is 29.6 Å². The van der Waals surface area contributed by atoms with Gasteiger partial charge in [-0.15, -0.1) is 0 Å². The minimum absolute atomic E-state index is 0.0847. The molecule has 1 saturated carbocycles. The van der Waals surface area contributed by atoms with Crippen LogP contribution in [-0.4, -0.2) is 27.9 Å². The lowest BCUT2D eigenvalue weighted by molar-refractivity contribution is -0.140. The molecule has 1 unspecified atom stereocenters. The van der Waals surface area contributed by atoms with Crippen LogP contribution in [0.1, 0.15) is 44.1 Å². The number of nitrogens with one attached hydrogen (secondary N) is 1. The number of aromatic nitrogens is 3. The van der Waals surface area contributed by atoms with Crippen LogP contribution in [0.5, 0.6) is 11.8 Å². The Kier molecular flexibility index (Phi) is 5.27. The summed E-state index contributed by atoms with van der Waals surface area (Å²) in [5.74, 6) is 0.898. The number of halogens is 4. The summed E-state index contributed by atoms with van der Waals surface area (Å²) in [4.78, 5) is 4.47. The van der Waals surface area contributed by atoms with Crippen LogP contribution >= 0.6 is 0 Å². The van der Waals surface area contributed by atoms with Crippen molar-refractivity contribution in [2.24, 2.45) is 17.8 Å². The molecular formula is C20H24F4N4O. The Bertz CT molecular complexity index is 864. The summed E-state index contributed by atoms with van der Waals surface area (Å²) in [6.07, 6.45) is -1.67. The predicted molar refractivity (Wildman–Crippen MR) is 98.2 cm³/mol. The predicted octanol–water partition coefficient (Wildman–Crippen LogP) is 4.60. The van der Waals surface area contributed by atoms with E-state index in [1.807, 2.05) is 13.8 Å². The van der Waals surface area contributed by atoms with E-state index in [2.05, 4.69) is 15.4 Å². The van der Waals surface area contributed by atoms with Gasteiger partial charge >= 0.3 is 12.2 Å². The maximum Gasteiger partial charge on any atom is 0.419 e. The zero-order valence-electron chi connectivity index (χ0n) is 16.3. The summed E-state index contributed by atoms with van der Waals surface area (Å²) < 4.78 is 59.7. The molecule has 2 heterocycles. The van der Waals surface area contributed by atoms with Gasteiger partial charge in [-0.3, -0.25) is 0 Å². The molecule has 158 valence electrons. The van der Waals surface area contributed by atoms with E-state index < -0.39 is 17.6 Å². The standard InChI is InChI=1S/C20H24F4N4O/c1-11(2)28-19(29-14-5-6-17(21)16(7-14)20(22,23)24)26-18(27-28)8-15-12-3-4-13(15)10-25-9-12/h5-7,11-13,15,25H,3-4,8-10H2,1-2H3/t12-,13+,15?. The summed E-state index contributed by atoms with van der Waals surface area (Å²) >= 11 is 0. The fourth-order valence-electron chi connectivity index (χ4n) is 4.48.